The zero-order valence-corrected chi connectivity index (χ0v) is 9.77. The van der Waals surface area contributed by atoms with Gasteiger partial charge in [-0.2, -0.15) is 0 Å². The van der Waals surface area contributed by atoms with E-state index in [1.54, 1.807) is 0 Å². The van der Waals surface area contributed by atoms with E-state index in [9.17, 15) is 19.7 Å². The molecule has 0 aliphatic heterocycles. The molecule has 0 aliphatic rings. The number of carbonyl (C=O) groups excluding carboxylic acids is 1. The number of hydrogen-bond donors (Lipinski definition) is 2. The molecule has 0 radical (unpaired) electrons. The molecular weight excluding hydrogens is 270 g/mol. The molecule has 1 heterocycles. The number of hydrogen-bond acceptors (Lipinski definition) is 6. The van der Waals surface area contributed by atoms with Gasteiger partial charge >= 0.3 is 5.97 Å². The van der Waals surface area contributed by atoms with Gasteiger partial charge in [-0.1, -0.05) is 5.16 Å². The van der Waals surface area contributed by atoms with Crippen molar-refractivity contribution in [2.75, 3.05) is 5.32 Å². The standard InChI is InChI=1S/C11H7N3O6/c15-10(9-3-4-12-20-9)13-7-2-1-6(11(16)17)5-8(7)14(18)19/h1-5H,(H,13,15)(H,16,17). The van der Waals surface area contributed by atoms with Crippen LogP contribution in [0.4, 0.5) is 11.4 Å². The molecule has 1 aromatic heterocycles. The molecule has 0 atom stereocenters. The molecule has 0 aliphatic carbocycles. The van der Waals surface area contributed by atoms with Crippen molar-refractivity contribution < 1.29 is 24.1 Å². The lowest BCUT2D eigenvalue weighted by atomic mass is 10.1. The number of carboxylic acid groups (broad SMARTS) is 1. The average Bonchev–Trinajstić information content (AvgIpc) is 2.92. The minimum Gasteiger partial charge on any atom is -0.478 e. The van der Waals surface area contributed by atoms with Crippen molar-refractivity contribution in [3.05, 3.63) is 51.9 Å². The number of nitrogens with zero attached hydrogens (tertiary/aromatic N) is 2. The van der Waals surface area contributed by atoms with E-state index in [4.69, 9.17) is 5.11 Å². The summed E-state index contributed by atoms with van der Waals surface area (Å²) in [5, 5.41) is 25.3. The van der Waals surface area contributed by atoms with Gasteiger partial charge in [-0.25, -0.2) is 4.79 Å². The lowest BCUT2D eigenvalue weighted by molar-refractivity contribution is -0.383. The molecule has 1 amide bonds. The summed E-state index contributed by atoms with van der Waals surface area (Å²) < 4.78 is 4.60. The first-order valence-corrected chi connectivity index (χ1v) is 5.23. The maximum atomic E-state index is 11.7. The molecule has 2 N–H and O–H groups in total. The average molecular weight is 277 g/mol. The van der Waals surface area contributed by atoms with E-state index < -0.39 is 22.5 Å². The van der Waals surface area contributed by atoms with Crippen LogP contribution in [-0.2, 0) is 0 Å². The molecule has 0 unspecified atom stereocenters. The van der Waals surface area contributed by atoms with Crippen molar-refractivity contribution in [2.24, 2.45) is 0 Å². The van der Waals surface area contributed by atoms with Crippen LogP contribution < -0.4 is 5.32 Å². The highest BCUT2D eigenvalue weighted by Crippen LogP contribution is 2.26. The molecule has 0 spiro atoms. The minimum absolute atomic E-state index is 0.124. The predicted molar refractivity (Wildman–Crippen MR) is 64.5 cm³/mol. The van der Waals surface area contributed by atoms with Crippen LogP contribution in [0, 0.1) is 10.1 Å². The summed E-state index contributed by atoms with van der Waals surface area (Å²) in [6, 6.07) is 4.42. The van der Waals surface area contributed by atoms with Crippen molar-refractivity contribution >= 4 is 23.3 Å². The van der Waals surface area contributed by atoms with Gasteiger partial charge in [0, 0.05) is 12.1 Å². The minimum atomic E-state index is -1.30. The lowest BCUT2D eigenvalue weighted by Crippen LogP contribution is -2.12. The number of carboxylic acids is 1. The summed E-state index contributed by atoms with van der Waals surface area (Å²) in [6.45, 7) is 0. The number of rotatable bonds is 4. The van der Waals surface area contributed by atoms with Crippen molar-refractivity contribution in [1.82, 2.24) is 5.16 Å². The Balaban J connectivity index is 2.34. The Morgan fingerprint density at radius 1 is 1.35 bits per heavy atom. The fraction of sp³-hybridized carbons (Fsp3) is 0. The fourth-order valence-corrected chi connectivity index (χ4v) is 1.44. The van der Waals surface area contributed by atoms with Crippen LogP contribution in [0.15, 0.2) is 35.0 Å². The van der Waals surface area contributed by atoms with Gasteiger partial charge in [0.15, 0.2) is 0 Å². The van der Waals surface area contributed by atoms with E-state index in [1.807, 2.05) is 0 Å². The lowest BCUT2D eigenvalue weighted by Gasteiger charge is -2.04. The van der Waals surface area contributed by atoms with E-state index in [2.05, 4.69) is 15.0 Å². The van der Waals surface area contributed by atoms with Crippen LogP contribution in [0.2, 0.25) is 0 Å². The molecule has 2 aromatic rings. The molecule has 20 heavy (non-hydrogen) atoms. The van der Waals surface area contributed by atoms with Gasteiger partial charge in [0.05, 0.1) is 16.7 Å². The van der Waals surface area contributed by atoms with Crippen LogP contribution in [-0.4, -0.2) is 27.1 Å². The molecule has 102 valence electrons. The molecular formula is C11H7N3O6. The third-order valence-corrected chi connectivity index (χ3v) is 2.35. The third-order valence-electron chi connectivity index (χ3n) is 2.35. The summed E-state index contributed by atoms with van der Waals surface area (Å²) in [5.41, 5.74) is -0.923. The van der Waals surface area contributed by atoms with Gasteiger partial charge in [0.2, 0.25) is 5.76 Å². The van der Waals surface area contributed by atoms with Crippen LogP contribution in [0.3, 0.4) is 0 Å². The Morgan fingerprint density at radius 2 is 2.10 bits per heavy atom. The highest BCUT2D eigenvalue weighted by Gasteiger charge is 2.20. The second-order valence-electron chi connectivity index (χ2n) is 3.62. The van der Waals surface area contributed by atoms with E-state index in [1.165, 1.54) is 12.3 Å². The van der Waals surface area contributed by atoms with E-state index in [0.29, 0.717) is 0 Å². The Morgan fingerprint density at radius 3 is 2.65 bits per heavy atom. The summed E-state index contributed by atoms with van der Waals surface area (Å²) in [6.07, 6.45) is 1.25. The molecule has 0 bridgehead atoms. The van der Waals surface area contributed by atoms with Gasteiger partial charge < -0.3 is 14.9 Å². The Bertz CT molecular complexity index is 679. The number of carbonyl (C=O) groups is 2. The third kappa shape index (κ3) is 2.61. The van der Waals surface area contributed by atoms with Crippen LogP contribution in [0.25, 0.3) is 0 Å². The second-order valence-corrected chi connectivity index (χ2v) is 3.62. The van der Waals surface area contributed by atoms with Crippen molar-refractivity contribution in [2.45, 2.75) is 0 Å². The van der Waals surface area contributed by atoms with E-state index >= 15 is 0 Å². The molecule has 0 fully saturated rings. The monoisotopic (exact) mass is 277 g/mol. The summed E-state index contributed by atoms with van der Waals surface area (Å²) in [7, 11) is 0. The molecule has 9 heteroatoms. The van der Waals surface area contributed by atoms with Gasteiger partial charge in [-0.05, 0) is 12.1 Å². The predicted octanol–water partition coefficient (Wildman–Crippen LogP) is 1.53. The first kappa shape index (κ1) is 13.2. The Labute approximate surface area is 111 Å². The number of nitro benzene ring substituents is 1. The smallest absolute Gasteiger partial charge is 0.335 e. The zero-order chi connectivity index (χ0) is 14.7. The maximum Gasteiger partial charge on any atom is 0.335 e. The first-order chi connectivity index (χ1) is 9.49. The van der Waals surface area contributed by atoms with Crippen LogP contribution in [0.1, 0.15) is 20.9 Å². The Hall–Kier alpha value is -3.23. The van der Waals surface area contributed by atoms with E-state index in [0.717, 1.165) is 18.2 Å². The van der Waals surface area contributed by atoms with Gasteiger partial charge in [-0.3, -0.25) is 14.9 Å². The zero-order valence-electron chi connectivity index (χ0n) is 9.77. The number of aromatic carboxylic acids is 1. The normalized spacial score (nSPS) is 10.0. The van der Waals surface area contributed by atoms with Crippen molar-refractivity contribution in [3.8, 4) is 0 Å². The summed E-state index contributed by atoms with van der Waals surface area (Å²) >= 11 is 0. The largest absolute Gasteiger partial charge is 0.478 e. The highest BCUT2D eigenvalue weighted by atomic mass is 16.6. The summed E-state index contributed by atoms with van der Waals surface area (Å²) in [5.74, 6) is -2.16. The topological polar surface area (TPSA) is 136 Å². The molecule has 2 rings (SSSR count). The first-order valence-electron chi connectivity index (χ1n) is 5.23. The van der Waals surface area contributed by atoms with E-state index in [-0.39, 0.29) is 17.0 Å². The Kier molecular flexibility index (Phi) is 3.42. The van der Waals surface area contributed by atoms with Crippen molar-refractivity contribution in [1.29, 1.82) is 0 Å². The molecule has 0 saturated carbocycles. The number of benzene rings is 1. The molecule has 0 saturated heterocycles. The molecule has 9 nitrogen and oxygen atoms in total. The number of nitro groups is 1. The van der Waals surface area contributed by atoms with Gasteiger partial charge in [0.1, 0.15) is 5.69 Å². The number of amides is 1. The molecule has 1 aromatic carbocycles. The highest BCUT2D eigenvalue weighted by molar-refractivity contribution is 6.03. The van der Waals surface area contributed by atoms with Gasteiger partial charge in [0.25, 0.3) is 11.6 Å². The number of nitrogens with one attached hydrogen (secondary N) is 1. The van der Waals surface area contributed by atoms with Crippen molar-refractivity contribution in [3.63, 3.8) is 0 Å². The van der Waals surface area contributed by atoms with Gasteiger partial charge in [-0.15, -0.1) is 0 Å². The number of anilines is 1. The maximum absolute atomic E-state index is 11.7. The fourth-order valence-electron chi connectivity index (χ4n) is 1.44. The number of aromatic nitrogens is 1. The second kappa shape index (κ2) is 5.18. The van der Waals surface area contributed by atoms with Crippen LogP contribution in [0.5, 0.6) is 0 Å². The van der Waals surface area contributed by atoms with Crippen LogP contribution >= 0.6 is 0 Å². The summed E-state index contributed by atoms with van der Waals surface area (Å²) in [4.78, 5) is 32.5. The quantitative estimate of drug-likeness (QED) is 0.638. The SMILES string of the molecule is O=C(O)c1ccc(NC(=O)c2ccno2)c([N+](=O)[O-])c1.